The van der Waals surface area contributed by atoms with Gasteiger partial charge >= 0.3 is 0 Å². The van der Waals surface area contributed by atoms with Crippen molar-refractivity contribution in [1.82, 2.24) is 19.3 Å². The summed E-state index contributed by atoms with van der Waals surface area (Å²) in [7, 11) is -3.59. The van der Waals surface area contributed by atoms with Gasteiger partial charge in [0.25, 0.3) is 0 Å². The lowest BCUT2D eigenvalue weighted by Crippen LogP contribution is -2.48. The first-order chi connectivity index (χ1) is 14.9. The Bertz CT molecular complexity index is 1140. The lowest BCUT2D eigenvalue weighted by Gasteiger charge is -2.33. The third-order valence-corrected chi connectivity index (χ3v) is 7.22. The van der Waals surface area contributed by atoms with Crippen LogP contribution < -0.4 is 0 Å². The van der Waals surface area contributed by atoms with Crippen LogP contribution in [0.25, 0.3) is 0 Å². The molecule has 0 N–H and O–H groups in total. The van der Waals surface area contributed by atoms with Crippen LogP contribution in [0.3, 0.4) is 0 Å². The molecule has 1 fully saturated rings. The third kappa shape index (κ3) is 5.07. The molecular formula is C22H24N4O4S. The first-order valence-electron chi connectivity index (χ1n) is 10.1. The van der Waals surface area contributed by atoms with E-state index >= 15 is 0 Å². The van der Waals surface area contributed by atoms with Crippen LogP contribution in [-0.4, -0.2) is 59.7 Å². The molecule has 1 saturated heterocycles. The van der Waals surface area contributed by atoms with Crippen molar-refractivity contribution in [2.75, 3.05) is 26.2 Å². The predicted molar refractivity (Wildman–Crippen MR) is 114 cm³/mol. The average molecular weight is 441 g/mol. The Balaban J connectivity index is 1.33. The Labute approximate surface area is 181 Å². The van der Waals surface area contributed by atoms with Gasteiger partial charge in [0.05, 0.1) is 11.4 Å². The summed E-state index contributed by atoms with van der Waals surface area (Å²) in [5.41, 5.74) is 1.61. The van der Waals surface area contributed by atoms with E-state index in [1.807, 2.05) is 30.3 Å². The average Bonchev–Trinajstić information content (AvgIpc) is 3.21. The van der Waals surface area contributed by atoms with Crippen molar-refractivity contribution in [3.05, 3.63) is 77.4 Å². The van der Waals surface area contributed by atoms with Crippen LogP contribution in [0, 0.1) is 0 Å². The standard InChI is InChI=1S/C22H24N4O4S/c1-17(27)19-7-9-20(10-8-19)31(28,29)26-13-11-25(12-14-26)16-22-23-21(24-30-22)15-18-5-3-2-4-6-18/h2-10H,11-16H2,1H3. The molecule has 0 aliphatic carbocycles. The van der Waals surface area contributed by atoms with Gasteiger partial charge < -0.3 is 4.52 Å². The molecular weight excluding hydrogens is 416 g/mol. The van der Waals surface area contributed by atoms with Gasteiger partial charge in [0.1, 0.15) is 0 Å². The third-order valence-electron chi connectivity index (χ3n) is 5.30. The molecule has 1 aromatic heterocycles. The summed E-state index contributed by atoms with van der Waals surface area (Å²) in [5.74, 6) is 1.07. The van der Waals surface area contributed by atoms with E-state index in [0.29, 0.717) is 56.4 Å². The van der Waals surface area contributed by atoms with Gasteiger partial charge in [0.2, 0.25) is 15.9 Å². The Morgan fingerprint density at radius 3 is 2.32 bits per heavy atom. The molecule has 4 rings (SSSR count). The summed E-state index contributed by atoms with van der Waals surface area (Å²) in [6.45, 7) is 3.84. The minimum Gasteiger partial charge on any atom is -0.338 e. The van der Waals surface area contributed by atoms with Gasteiger partial charge in [-0.25, -0.2) is 8.42 Å². The van der Waals surface area contributed by atoms with E-state index in [-0.39, 0.29) is 10.7 Å². The highest BCUT2D eigenvalue weighted by Gasteiger charge is 2.29. The van der Waals surface area contributed by atoms with Crippen molar-refractivity contribution in [2.45, 2.75) is 24.8 Å². The lowest BCUT2D eigenvalue weighted by atomic mass is 10.1. The van der Waals surface area contributed by atoms with Gasteiger partial charge in [-0.3, -0.25) is 9.69 Å². The van der Waals surface area contributed by atoms with Crippen LogP contribution in [0.15, 0.2) is 64.0 Å². The molecule has 8 nitrogen and oxygen atoms in total. The van der Waals surface area contributed by atoms with Crippen molar-refractivity contribution in [3.63, 3.8) is 0 Å². The maximum Gasteiger partial charge on any atom is 0.243 e. The van der Waals surface area contributed by atoms with Crippen LogP contribution in [-0.2, 0) is 23.0 Å². The van der Waals surface area contributed by atoms with Crippen molar-refractivity contribution in [3.8, 4) is 0 Å². The van der Waals surface area contributed by atoms with Crippen molar-refractivity contribution in [1.29, 1.82) is 0 Å². The SMILES string of the molecule is CC(=O)c1ccc(S(=O)(=O)N2CCN(Cc3nc(Cc4ccccc4)no3)CC2)cc1. The Kier molecular flexibility index (Phi) is 6.26. The summed E-state index contributed by atoms with van der Waals surface area (Å²) >= 11 is 0. The van der Waals surface area contributed by atoms with Crippen LogP contribution >= 0.6 is 0 Å². The van der Waals surface area contributed by atoms with Gasteiger partial charge in [-0.05, 0) is 24.6 Å². The van der Waals surface area contributed by atoms with Crippen LogP contribution in [0.2, 0.25) is 0 Å². The summed E-state index contributed by atoms with van der Waals surface area (Å²) < 4.78 is 32.6. The topological polar surface area (TPSA) is 96.6 Å². The molecule has 0 saturated carbocycles. The highest BCUT2D eigenvalue weighted by molar-refractivity contribution is 7.89. The number of sulfonamides is 1. The summed E-state index contributed by atoms with van der Waals surface area (Å²) in [5, 5.41) is 4.05. The van der Waals surface area contributed by atoms with Gasteiger partial charge in [-0.2, -0.15) is 9.29 Å². The molecule has 0 amide bonds. The second kappa shape index (κ2) is 9.09. The molecule has 0 bridgehead atoms. The minimum atomic E-state index is -3.59. The molecule has 0 radical (unpaired) electrons. The highest BCUT2D eigenvalue weighted by Crippen LogP contribution is 2.19. The van der Waals surface area contributed by atoms with E-state index in [0.717, 1.165) is 5.56 Å². The fourth-order valence-electron chi connectivity index (χ4n) is 3.53. The summed E-state index contributed by atoms with van der Waals surface area (Å²) in [6.07, 6.45) is 0.610. The zero-order valence-corrected chi connectivity index (χ0v) is 18.1. The molecule has 2 heterocycles. The number of ketones is 1. The number of hydrogen-bond donors (Lipinski definition) is 0. The number of hydrogen-bond acceptors (Lipinski definition) is 7. The second-order valence-electron chi connectivity index (χ2n) is 7.53. The fraction of sp³-hybridized carbons (Fsp3) is 0.318. The van der Waals surface area contributed by atoms with E-state index in [9.17, 15) is 13.2 Å². The van der Waals surface area contributed by atoms with Crippen molar-refractivity contribution in [2.24, 2.45) is 0 Å². The van der Waals surface area contributed by atoms with E-state index in [2.05, 4.69) is 15.0 Å². The number of piperazine rings is 1. The van der Waals surface area contributed by atoms with Crippen LogP contribution in [0.1, 0.15) is 34.6 Å². The summed E-state index contributed by atoms with van der Waals surface area (Å²) in [4.78, 5) is 18.2. The Morgan fingerprint density at radius 1 is 1.00 bits per heavy atom. The first kappa shape index (κ1) is 21.4. The summed E-state index contributed by atoms with van der Waals surface area (Å²) in [6, 6.07) is 16.0. The molecule has 0 unspecified atom stereocenters. The van der Waals surface area contributed by atoms with Crippen molar-refractivity contribution >= 4 is 15.8 Å². The van der Waals surface area contributed by atoms with Gasteiger partial charge in [-0.15, -0.1) is 0 Å². The molecule has 0 spiro atoms. The molecule has 31 heavy (non-hydrogen) atoms. The monoisotopic (exact) mass is 440 g/mol. The van der Waals surface area contributed by atoms with Gasteiger partial charge in [0, 0.05) is 38.2 Å². The van der Waals surface area contributed by atoms with E-state index in [1.165, 1.54) is 23.4 Å². The molecule has 3 aromatic rings. The normalized spacial score (nSPS) is 15.8. The number of benzene rings is 2. The molecule has 0 atom stereocenters. The van der Waals surface area contributed by atoms with Gasteiger partial charge in [-0.1, -0.05) is 47.6 Å². The number of nitrogens with zero attached hydrogens (tertiary/aromatic N) is 4. The van der Waals surface area contributed by atoms with E-state index in [4.69, 9.17) is 4.52 Å². The van der Waals surface area contributed by atoms with Gasteiger partial charge in [0.15, 0.2) is 11.6 Å². The lowest BCUT2D eigenvalue weighted by molar-refractivity contribution is 0.101. The first-order valence-corrected chi connectivity index (χ1v) is 11.5. The van der Waals surface area contributed by atoms with Crippen molar-refractivity contribution < 1.29 is 17.7 Å². The molecule has 1 aliphatic heterocycles. The zero-order chi connectivity index (χ0) is 21.8. The smallest absolute Gasteiger partial charge is 0.243 e. The maximum absolute atomic E-state index is 12.9. The Hall–Kier alpha value is -2.88. The fourth-order valence-corrected chi connectivity index (χ4v) is 4.96. The highest BCUT2D eigenvalue weighted by atomic mass is 32.2. The Morgan fingerprint density at radius 2 is 1.68 bits per heavy atom. The largest absolute Gasteiger partial charge is 0.338 e. The van der Waals surface area contributed by atoms with E-state index in [1.54, 1.807) is 12.1 Å². The zero-order valence-electron chi connectivity index (χ0n) is 17.3. The minimum absolute atomic E-state index is 0.0921. The second-order valence-corrected chi connectivity index (χ2v) is 9.47. The molecule has 9 heteroatoms. The number of aromatic nitrogens is 2. The number of carbonyl (C=O) groups is 1. The van der Waals surface area contributed by atoms with Crippen LogP contribution in [0.4, 0.5) is 0 Å². The number of carbonyl (C=O) groups excluding carboxylic acids is 1. The van der Waals surface area contributed by atoms with E-state index < -0.39 is 10.0 Å². The quantitative estimate of drug-likeness (QED) is 0.520. The molecule has 1 aliphatic rings. The predicted octanol–water partition coefficient (Wildman–Crippen LogP) is 2.37. The van der Waals surface area contributed by atoms with Crippen LogP contribution in [0.5, 0.6) is 0 Å². The molecule has 162 valence electrons. The number of Topliss-reactive ketones (excluding diaryl/α,β-unsaturated/α-hetero) is 1. The molecule has 2 aromatic carbocycles. The number of rotatable bonds is 7. The maximum atomic E-state index is 12.9.